The van der Waals surface area contributed by atoms with Crippen molar-refractivity contribution in [1.82, 2.24) is 4.98 Å². The number of fused-ring (bicyclic) bond motifs is 1. The Bertz CT molecular complexity index is 1210. The number of aromatic nitrogens is 1. The highest BCUT2D eigenvalue weighted by atomic mass is 35.5. The van der Waals surface area contributed by atoms with Crippen LogP contribution in [-0.4, -0.2) is 32.5 Å². The fourth-order valence-electron chi connectivity index (χ4n) is 3.16. The number of benzene rings is 2. The van der Waals surface area contributed by atoms with Gasteiger partial charge in [0.1, 0.15) is 17.3 Å². The summed E-state index contributed by atoms with van der Waals surface area (Å²) in [6.45, 7) is 2.14. The first kappa shape index (κ1) is 20.2. The van der Waals surface area contributed by atoms with Gasteiger partial charge in [0, 0.05) is 23.1 Å². The zero-order valence-electron chi connectivity index (χ0n) is 16.0. The van der Waals surface area contributed by atoms with Gasteiger partial charge in [-0.2, -0.15) is 0 Å². The summed E-state index contributed by atoms with van der Waals surface area (Å²) < 4.78 is 33.6. The molecule has 0 aliphatic carbocycles. The fourth-order valence-corrected chi connectivity index (χ4v) is 4.89. The Morgan fingerprint density at radius 3 is 2.67 bits per heavy atom. The van der Waals surface area contributed by atoms with E-state index in [1.807, 2.05) is 0 Å². The lowest BCUT2D eigenvalue weighted by Crippen LogP contribution is -2.32. The van der Waals surface area contributed by atoms with Crippen LogP contribution in [0.15, 0.2) is 65.8 Å². The first-order valence-corrected chi connectivity index (χ1v) is 11.0. The first-order valence-electron chi connectivity index (χ1n) is 9.13. The van der Waals surface area contributed by atoms with E-state index in [9.17, 15) is 13.2 Å². The molecule has 7 nitrogen and oxygen atoms in total. The normalized spacial score (nSPS) is 14.9. The minimum absolute atomic E-state index is 0.0179. The summed E-state index contributed by atoms with van der Waals surface area (Å²) in [7, 11) is -3.91. The summed E-state index contributed by atoms with van der Waals surface area (Å²) in [6.07, 6.45) is 3.07. The van der Waals surface area contributed by atoms with Crippen LogP contribution in [0.4, 0.5) is 11.4 Å². The Hall–Kier alpha value is -3.10. The van der Waals surface area contributed by atoms with Gasteiger partial charge >= 0.3 is 0 Å². The van der Waals surface area contributed by atoms with Crippen molar-refractivity contribution < 1.29 is 17.9 Å². The van der Waals surface area contributed by atoms with Crippen molar-refractivity contribution in [3.63, 3.8) is 0 Å². The predicted octanol–water partition coefficient (Wildman–Crippen LogP) is 3.88. The summed E-state index contributed by atoms with van der Waals surface area (Å²) in [6, 6.07) is 12.8. The molecule has 1 N–H and O–H groups in total. The lowest BCUT2D eigenvalue weighted by molar-refractivity contribution is 0.102. The van der Waals surface area contributed by atoms with E-state index in [2.05, 4.69) is 10.3 Å². The van der Waals surface area contributed by atoms with Crippen molar-refractivity contribution in [2.24, 2.45) is 0 Å². The molecule has 0 fully saturated rings. The van der Waals surface area contributed by atoms with Crippen molar-refractivity contribution in [1.29, 1.82) is 0 Å². The highest BCUT2D eigenvalue weighted by molar-refractivity contribution is 7.93. The molecule has 1 aliphatic rings. The molecule has 0 spiro atoms. The fraction of sp³-hybridized carbons (Fsp3) is 0.143. The molecular formula is C21H18ClN3O4S. The summed E-state index contributed by atoms with van der Waals surface area (Å²) in [5, 5.41) is 3.25. The molecular weight excluding hydrogens is 426 g/mol. The molecule has 0 saturated carbocycles. The number of halogens is 1. The van der Waals surface area contributed by atoms with E-state index in [1.165, 1.54) is 16.6 Å². The zero-order valence-corrected chi connectivity index (χ0v) is 17.6. The number of rotatable bonds is 3. The molecule has 0 radical (unpaired) electrons. The molecule has 1 amide bonds. The van der Waals surface area contributed by atoms with E-state index in [0.717, 1.165) is 5.56 Å². The van der Waals surface area contributed by atoms with Gasteiger partial charge in [0.15, 0.2) is 0 Å². The number of nitrogens with one attached hydrogen (secondary N) is 1. The number of carbonyl (C=O) groups is 1. The number of hydrogen-bond acceptors (Lipinski definition) is 5. The number of amides is 1. The Labute approximate surface area is 179 Å². The maximum absolute atomic E-state index is 13.4. The third-order valence-electron chi connectivity index (χ3n) is 4.72. The van der Waals surface area contributed by atoms with E-state index in [1.54, 1.807) is 55.6 Å². The molecule has 2 aromatic carbocycles. The number of pyridine rings is 1. The van der Waals surface area contributed by atoms with Crippen LogP contribution in [0.1, 0.15) is 15.9 Å². The molecule has 1 aromatic heterocycles. The van der Waals surface area contributed by atoms with Gasteiger partial charge in [0.25, 0.3) is 15.9 Å². The molecule has 2 heterocycles. The summed E-state index contributed by atoms with van der Waals surface area (Å²) in [5.74, 6) is -0.135. The largest absolute Gasteiger partial charge is 0.490 e. The second-order valence-electron chi connectivity index (χ2n) is 6.71. The van der Waals surface area contributed by atoms with Crippen molar-refractivity contribution in [3.8, 4) is 5.75 Å². The smallest absolute Gasteiger partial charge is 0.268 e. The maximum Gasteiger partial charge on any atom is 0.268 e. The minimum Gasteiger partial charge on any atom is -0.490 e. The number of carbonyl (C=O) groups excluding carboxylic acids is 1. The van der Waals surface area contributed by atoms with E-state index >= 15 is 0 Å². The van der Waals surface area contributed by atoms with Gasteiger partial charge < -0.3 is 10.1 Å². The van der Waals surface area contributed by atoms with Gasteiger partial charge in [0.2, 0.25) is 0 Å². The van der Waals surface area contributed by atoms with Crippen LogP contribution in [-0.2, 0) is 10.0 Å². The van der Waals surface area contributed by atoms with Gasteiger partial charge in [-0.05, 0) is 61.0 Å². The van der Waals surface area contributed by atoms with Crippen LogP contribution < -0.4 is 14.4 Å². The summed E-state index contributed by atoms with van der Waals surface area (Å²) in [5.41, 5.74) is 2.00. The Balaban J connectivity index is 1.69. The average molecular weight is 444 g/mol. The molecule has 3 aromatic rings. The Morgan fingerprint density at radius 2 is 1.93 bits per heavy atom. The van der Waals surface area contributed by atoms with E-state index in [0.29, 0.717) is 22.0 Å². The second-order valence-corrected chi connectivity index (χ2v) is 8.98. The number of sulfonamides is 1. The van der Waals surface area contributed by atoms with Crippen LogP contribution in [0.3, 0.4) is 0 Å². The zero-order chi connectivity index (χ0) is 21.3. The third-order valence-corrected chi connectivity index (χ3v) is 6.82. The lowest BCUT2D eigenvalue weighted by Gasteiger charge is -2.22. The van der Waals surface area contributed by atoms with Gasteiger partial charge in [0.05, 0.1) is 17.8 Å². The molecule has 9 heteroatoms. The van der Waals surface area contributed by atoms with Gasteiger partial charge in [-0.3, -0.25) is 14.1 Å². The molecule has 0 atom stereocenters. The number of aryl methyl sites for hydroxylation is 1. The van der Waals surface area contributed by atoms with Crippen molar-refractivity contribution in [3.05, 3.63) is 77.1 Å². The summed E-state index contributed by atoms with van der Waals surface area (Å²) >= 11 is 5.93. The lowest BCUT2D eigenvalue weighted by atomic mass is 10.1. The van der Waals surface area contributed by atoms with Gasteiger partial charge in [-0.1, -0.05) is 11.6 Å². The quantitative estimate of drug-likeness (QED) is 0.663. The van der Waals surface area contributed by atoms with E-state index in [-0.39, 0.29) is 29.7 Å². The van der Waals surface area contributed by atoms with E-state index < -0.39 is 10.0 Å². The highest BCUT2D eigenvalue weighted by Gasteiger charge is 2.31. The predicted molar refractivity (Wildman–Crippen MR) is 115 cm³/mol. The maximum atomic E-state index is 13.4. The minimum atomic E-state index is -3.91. The van der Waals surface area contributed by atoms with Crippen molar-refractivity contribution in [2.45, 2.75) is 11.8 Å². The molecule has 0 unspecified atom stereocenters. The van der Waals surface area contributed by atoms with Crippen LogP contribution in [0, 0.1) is 6.92 Å². The standard InChI is InChI=1S/C21H18ClN3O4S/c1-14-8-9-23-13-18(14)21(26)24-16-4-7-19-20(12-16)30(27,28)25(10-11-29-19)17-5-2-15(22)3-6-17/h2-9,12-13H,10-11H2,1H3,(H,24,26). The third kappa shape index (κ3) is 3.83. The van der Waals surface area contributed by atoms with Crippen LogP contribution in [0.5, 0.6) is 5.75 Å². The van der Waals surface area contributed by atoms with Gasteiger partial charge in [-0.25, -0.2) is 8.42 Å². The number of anilines is 2. The molecule has 1 aliphatic heterocycles. The van der Waals surface area contributed by atoms with Crippen molar-refractivity contribution in [2.75, 3.05) is 22.8 Å². The SMILES string of the molecule is Cc1ccncc1C(=O)Nc1ccc2c(c1)S(=O)(=O)N(c1ccc(Cl)cc1)CCO2. The Morgan fingerprint density at radius 1 is 1.17 bits per heavy atom. The average Bonchev–Trinajstić information content (AvgIpc) is 2.85. The van der Waals surface area contributed by atoms with Crippen LogP contribution >= 0.6 is 11.6 Å². The molecule has 30 heavy (non-hydrogen) atoms. The number of hydrogen-bond donors (Lipinski definition) is 1. The number of ether oxygens (including phenoxy) is 1. The summed E-state index contributed by atoms with van der Waals surface area (Å²) in [4.78, 5) is 16.5. The molecule has 4 rings (SSSR count). The molecule has 154 valence electrons. The van der Waals surface area contributed by atoms with Gasteiger partial charge in [-0.15, -0.1) is 0 Å². The monoisotopic (exact) mass is 443 g/mol. The Kier molecular flexibility index (Phi) is 5.36. The molecule has 0 bridgehead atoms. The molecule has 0 saturated heterocycles. The first-order chi connectivity index (χ1) is 14.4. The highest BCUT2D eigenvalue weighted by Crippen LogP contribution is 2.34. The van der Waals surface area contributed by atoms with Crippen LogP contribution in [0.2, 0.25) is 5.02 Å². The second kappa shape index (κ2) is 7.97. The van der Waals surface area contributed by atoms with Crippen LogP contribution in [0.25, 0.3) is 0 Å². The topological polar surface area (TPSA) is 88.6 Å². The van der Waals surface area contributed by atoms with E-state index in [4.69, 9.17) is 16.3 Å². The number of nitrogens with zero attached hydrogens (tertiary/aromatic N) is 2. The van der Waals surface area contributed by atoms with Crippen molar-refractivity contribution >= 4 is 38.9 Å².